The first-order chi connectivity index (χ1) is 12.6. The van der Waals surface area contributed by atoms with Gasteiger partial charge in [0, 0.05) is 5.70 Å². The zero-order chi connectivity index (χ0) is 20.2. The van der Waals surface area contributed by atoms with Crippen LogP contribution in [0.2, 0.25) is 0 Å². The third-order valence-corrected chi connectivity index (χ3v) is 4.07. The van der Waals surface area contributed by atoms with E-state index >= 15 is 0 Å². The number of hydrogen-bond donors (Lipinski definition) is 2. The Balaban J connectivity index is 2.61. The molecule has 0 aliphatic carbocycles. The molecule has 1 aromatic rings. The predicted octanol–water partition coefficient (Wildman–Crippen LogP) is 4.46. The van der Waals surface area contributed by atoms with Crippen LogP contribution < -0.4 is 10.6 Å². The van der Waals surface area contributed by atoms with E-state index in [-0.39, 0.29) is 11.1 Å². The minimum Gasteiger partial charge on any atom is -0.459 e. The number of esters is 1. The summed E-state index contributed by atoms with van der Waals surface area (Å²) in [6, 6.07) is 3.01. The highest BCUT2D eigenvalue weighted by Gasteiger charge is 2.40. The van der Waals surface area contributed by atoms with Gasteiger partial charge in [-0.25, -0.2) is 9.59 Å². The fourth-order valence-corrected chi connectivity index (χ4v) is 2.93. The van der Waals surface area contributed by atoms with Crippen LogP contribution >= 0.6 is 0 Å². The van der Waals surface area contributed by atoms with Gasteiger partial charge in [0.2, 0.25) is 0 Å². The van der Waals surface area contributed by atoms with Crippen LogP contribution in [0.25, 0.3) is 0 Å². The molecule has 148 valence electrons. The molecule has 1 unspecified atom stereocenters. The van der Waals surface area contributed by atoms with Crippen LogP contribution in [-0.4, -0.2) is 18.1 Å². The molecule has 2 amide bonds. The molecule has 1 atom stereocenters. The van der Waals surface area contributed by atoms with Crippen molar-refractivity contribution < 1.29 is 27.5 Å². The average molecular weight is 384 g/mol. The molecule has 0 radical (unpaired) electrons. The van der Waals surface area contributed by atoms with Gasteiger partial charge in [0.15, 0.2) is 0 Å². The number of carbonyl (C=O) groups excluding carboxylic acids is 2. The van der Waals surface area contributed by atoms with Crippen molar-refractivity contribution in [1.82, 2.24) is 10.6 Å². The summed E-state index contributed by atoms with van der Waals surface area (Å²) < 4.78 is 45.7. The smallest absolute Gasteiger partial charge is 0.416 e. The predicted molar refractivity (Wildman–Crippen MR) is 93.6 cm³/mol. The number of ether oxygens (including phenoxy) is 1. The number of hydrogen-bond acceptors (Lipinski definition) is 3. The second-order valence-corrected chi connectivity index (χ2v) is 6.57. The van der Waals surface area contributed by atoms with Gasteiger partial charge in [0.25, 0.3) is 0 Å². The Morgan fingerprint density at radius 2 is 1.93 bits per heavy atom. The van der Waals surface area contributed by atoms with Crippen molar-refractivity contribution in [3.63, 3.8) is 0 Å². The third kappa shape index (κ3) is 5.02. The Labute approximate surface area is 156 Å². The number of allylic oxidation sites excluding steroid dienone is 1. The monoisotopic (exact) mass is 384 g/mol. The van der Waals surface area contributed by atoms with Crippen LogP contribution in [0.15, 0.2) is 35.5 Å². The number of benzene rings is 1. The molecule has 0 fully saturated rings. The number of amides is 2. The lowest BCUT2D eigenvalue weighted by molar-refractivity contribution is -0.144. The van der Waals surface area contributed by atoms with Crippen LogP contribution in [0, 0.1) is 0 Å². The van der Waals surface area contributed by atoms with Crippen LogP contribution in [0.5, 0.6) is 0 Å². The van der Waals surface area contributed by atoms with E-state index < -0.39 is 35.9 Å². The molecule has 1 heterocycles. The molecule has 0 spiro atoms. The summed E-state index contributed by atoms with van der Waals surface area (Å²) in [5, 5.41) is 5.01. The van der Waals surface area contributed by atoms with Crippen molar-refractivity contribution in [3.8, 4) is 0 Å². The molecule has 8 heteroatoms. The fraction of sp³-hybridized carbons (Fsp3) is 0.474. The van der Waals surface area contributed by atoms with Crippen molar-refractivity contribution in [2.24, 2.45) is 0 Å². The lowest BCUT2D eigenvalue weighted by atomic mass is 9.90. The van der Waals surface area contributed by atoms with Crippen molar-refractivity contribution >= 4 is 12.0 Å². The summed E-state index contributed by atoms with van der Waals surface area (Å²) in [6.07, 6.45) is -3.25. The molecule has 0 saturated carbocycles. The van der Waals surface area contributed by atoms with Crippen LogP contribution in [-0.2, 0) is 15.7 Å². The number of alkyl halides is 3. The summed E-state index contributed by atoms with van der Waals surface area (Å²) in [5.41, 5.74) is -0.784. The number of carbonyl (C=O) groups is 2. The first-order valence-corrected chi connectivity index (χ1v) is 8.82. The summed E-state index contributed by atoms with van der Waals surface area (Å²) in [7, 11) is 0. The van der Waals surface area contributed by atoms with E-state index in [1.165, 1.54) is 18.2 Å². The molecule has 2 N–H and O–H groups in total. The Bertz CT molecular complexity index is 742. The van der Waals surface area contributed by atoms with E-state index in [0.717, 1.165) is 12.5 Å². The van der Waals surface area contributed by atoms with E-state index in [2.05, 4.69) is 10.6 Å². The van der Waals surface area contributed by atoms with E-state index in [4.69, 9.17) is 4.74 Å². The van der Waals surface area contributed by atoms with Crippen molar-refractivity contribution in [2.75, 3.05) is 0 Å². The molecule has 1 aromatic carbocycles. The van der Waals surface area contributed by atoms with E-state index in [1.807, 2.05) is 6.92 Å². The molecule has 0 saturated heterocycles. The SMILES string of the molecule is CCCCC1=C(C(=O)OC(C)C)C(c2ccccc2C(F)(F)F)NC(=O)N1. The number of halogens is 3. The molecule has 5 nitrogen and oxygen atoms in total. The Kier molecular flexibility index (Phi) is 6.51. The summed E-state index contributed by atoms with van der Waals surface area (Å²) in [4.78, 5) is 24.8. The lowest BCUT2D eigenvalue weighted by Gasteiger charge is -2.31. The number of nitrogens with one attached hydrogen (secondary N) is 2. The highest BCUT2D eigenvalue weighted by molar-refractivity contribution is 5.95. The second kappa shape index (κ2) is 8.45. The molecule has 1 aliphatic rings. The minimum atomic E-state index is -4.62. The van der Waals surface area contributed by atoms with Crippen molar-refractivity contribution in [2.45, 2.75) is 58.4 Å². The lowest BCUT2D eigenvalue weighted by Crippen LogP contribution is -2.46. The first-order valence-electron chi connectivity index (χ1n) is 8.82. The molecule has 0 bridgehead atoms. The zero-order valence-electron chi connectivity index (χ0n) is 15.4. The highest BCUT2D eigenvalue weighted by Crippen LogP contribution is 2.38. The average Bonchev–Trinajstić information content (AvgIpc) is 2.57. The fourth-order valence-electron chi connectivity index (χ4n) is 2.93. The first kappa shape index (κ1) is 20.8. The van der Waals surface area contributed by atoms with E-state index in [9.17, 15) is 22.8 Å². The van der Waals surface area contributed by atoms with Gasteiger partial charge in [0.05, 0.1) is 23.3 Å². The Hall–Kier alpha value is -2.51. The van der Waals surface area contributed by atoms with Gasteiger partial charge in [-0.15, -0.1) is 0 Å². The molecule has 1 aliphatic heterocycles. The topological polar surface area (TPSA) is 67.4 Å². The van der Waals surface area contributed by atoms with Crippen LogP contribution in [0.4, 0.5) is 18.0 Å². The van der Waals surface area contributed by atoms with Crippen LogP contribution in [0.1, 0.15) is 57.2 Å². The summed E-state index contributed by atoms with van der Waals surface area (Å²) in [6.45, 7) is 5.24. The third-order valence-electron chi connectivity index (χ3n) is 4.07. The minimum absolute atomic E-state index is 0.00782. The van der Waals surface area contributed by atoms with Gasteiger partial charge >= 0.3 is 18.2 Å². The quantitative estimate of drug-likeness (QED) is 0.712. The second-order valence-electron chi connectivity index (χ2n) is 6.57. The summed E-state index contributed by atoms with van der Waals surface area (Å²) in [5.74, 6) is -0.745. The number of rotatable bonds is 6. The maximum Gasteiger partial charge on any atom is 0.416 e. The van der Waals surface area contributed by atoms with E-state index in [0.29, 0.717) is 18.5 Å². The van der Waals surface area contributed by atoms with Crippen LogP contribution in [0.3, 0.4) is 0 Å². The zero-order valence-corrected chi connectivity index (χ0v) is 15.4. The number of urea groups is 1. The van der Waals surface area contributed by atoms with Gasteiger partial charge in [0.1, 0.15) is 0 Å². The molecule has 2 rings (SSSR count). The van der Waals surface area contributed by atoms with Gasteiger partial charge < -0.3 is 15.4 Å². The van der Waals surface area contributed by atoms with E-state index in [1.54, 1.807) is 13.8 Å². The maximum atomic E-state index is 13.5. The maximum absolute atomic E-state index is 13.5. The van der Waals surface area contributed by atoms with Crippen molar-refractivity contribution in [3.05, 3.63) is 46.7 Å². The normalized spacial score (nSPS) is 17.6. The van der Waals surface area contributed by atoms with Gasteiger partial charge in [-0.3, -0.25) is 0 Å². The summed E-state index contributed by atoms with van der Waals surface area (Å²) >= 11 is 0. The Morgan fingerprint density at radius 1 is 1.26 bits per heavy atom. The molecular formula is C19H23F3N2O3. The largest absolute Gasteiger partial charge is 0.459 e. The van der Waals surface area contributed by atoms with Crippen molar-refractivity contribution in [1.29, 1.82) is 0 Å². The van der Waals surface area contributed by atoms with Gasteiger partial charge in [-0.2, -0.15) is 13.2 Å². The Morgan fingerprint density at radius 3 is 2.52 bits per heavy atom. The molecule has 0 aromatic heterocycles. The van der Waals surface area contributed by atoms with Gasteiger partial charge in [-0.05, 0) is 38.3 Å². The molecule has 27 heavy (non-hydrogen) atoms. The number of unbranched alkanes of at least 4 members (excludes halogenated alkanes) is 1. The molecular weight excluding hydrogens is 361 g/mol. The van der Waals surface area contributed by atoms with Gasteiger partial charge in [-0.1, -0.05) is 31.5 Å². The highest BCUT2D eigenvalue weighted by atomic mass is 19.4. The standard InChI is InChI=1S/C19H23F3N2O3/c1-4-5-10-14-15(17(25)27-11(2)3)16(24-18(26)23-14)12-8-6-7-9-13(12)19(20,21)22/h6-9,11,16H,4-5,10H2,1-3H3,(H2,23,24,26).